The van der Waals surface area contributed by atoms with Crippen molar-refractivity contribution in [3.8, 4) is 5.75 Å². The molecular formula is C25H24N2O3S. The molecular weight excluding hydrogens is 408 g/mol. The zero-order chi connectivity index (χ0) is 22.0. The van der Waals surface area contributed by atoms with Crippen molar-refractivity contribution >= 4 is 34.4 Å². The minimum absolute atomic E-state index is 0.0440. The Bertz CT molecular complexity index is 1160. The number of methoxy groups -OCH3 is 1. The molecule has 0 aliphatic carbocycles. The van der Waals surface area contributed by atoms with Crippen molar-refractivity contribution in [2.75, 3.05) is 12.4 Å². The van der Waals surface area contributed by atoms with Crippen LogP contribution in [-0.2, 0) is 6.42 Å². The number of fused-ring (bicyclic) bond motifs is 1. The number of Topliss-reactive ketones (excluding diaryl/α,β-unsaturated/α-hetero) is 1. The Morgan fingerprint density at radius 2 is 1.97 bits per heavy atom. The number of carbonyl (C=O) groups is 2. The summed E-state index contributed by atoms with van der Waals surface area (Å²) in [4.78, 5) is 31.0. The Hall–Kier alpha value is -3.25. The number of thiophene rings is 1. The summed E-state index contributed by atoms with van der Waals surface area (Å²) in [6.07, 6.45) is 1.00. The maximum atomic E-state index is 13.1. The van der Waals surface area contributed by atoms with Crippen LogP contribution in [0.4, 0.5) is 5.69 Å². The number of benzene rings is 2. The van der Waals surface area contributed by atoms with E-state index in [1.165, 1.54) is 16.9 Å². The van der Waals surface area contributed by atoms with Gasteiger partial charge in [0.05, 0.1) is 29.7 Å². The molecule has 0 atom stereocenters. The molecule has 5 nitrogen and oxygen atoms in total. The van der Waals surface area contributed by atoms with Gasteiger partial charge in [-0.25, -0.2) is 0 Å². The van der Waals surface area contributed by atoms with Gasteiger partial charge in [-0.05, 0) is 61.5 Å². The van der Waals surface area contributed by atoms with E-state index in [9.17, 15) is 9.59 Å². The number of ketones is 1. The monoisotopic (exact) mass is 432 g/mol. The average molecular weight is 433 g/mol. The molecule has 0 saturated carbocycles. The van der Waals surface area contributed by atoms with Crippen molar-refractivity contribution < 1.29 is 14.3 Å². The van der Waals surface area contributed by atoms with E-state index in [-0.39, 0.29) is 23.7 Å². The Morgan fingerprint density at radius 1 is 1.13 bits per heavy atom. The van der Waals surface area contributed by atoms with Crippen molar-refractivity contribution in [2.45, 2.75) is 32.2 Å². The maximum absolute atomic E-state index is 13.1. The first-order valence-corrected chi connectivity index (χ1v) is 11.0. The van der Waals surface area contributed by atoms with E-state index < -0.39 is 0 Å². The molecule has 1 aliphatic rings. The third-order valence-corrected chi connectivity index (χ3v) is 6.07. The number of amides is 1. The fourth-order valence-corrected chi connectivity index (χ4v) is 4.42. The first-order chi connectivity index (χ1) is 14.8. The fourth-order valence-electron chi connectivity index (χ4n) is 3.80. The minimum atomic E-state index is -0.270. The van der Waals surface area contributed by atoms with E-state index >= 15 is 0 Å². The Labute approximate surface area is 185 Å². The highest BCUT2D eigenvalue weighted by molar-refractivity contribution is 7.12. The molecule has 0 fully saturated rings. The second kappa shape index (κ2) is 8.47. The summed E-state index contributed by atoms with van der Waals surface area (Å²) < 4.78 is 5.37. The van der Waals surface area contributed by atoms with Crippen LogP contribution in [0.15, 0.2) is 65.0 Å². The average Bonchev–Trinajstić information content (AvgIpc) is 3.28. The molecule has 0 bridgehead atoms. The molecule has 3 aromatic rings. The number of nitrogens with zero attached hydrogens (tertiary/aromatic N) is 1. The molecule has 2 heterocycles. The molecule has 158 valence electrons. The molecule has 0 saturated heterocycles. The number of nitrogens with one attached hydrogen (secondary N) is 1. The van der Waals surface area contributed by atoms with Crippen LogP contribution in [0, 0.1) is 0 Å². The Kier molecular flexibility index (Phi) is 5.74. The zero-order valence-corrected chi connectivity index (χ0v) is 18.6. The lowest BCUT2D eigenvalue weighted by molar-refractivity contribution is 0.0997. The molecule has 0 unspecified atom stereocenters. The van der Waals surface area contributed by atoms with Gasteiger partial charge in [0.15, 0.2) is 5.78 Å². The quantitative estimate of drug-likeness (QED) is 0.530. The van der Waals surface area contributed by atoms with Crippen molar-refractivity contribution in [3.63, 3.8) is 0 Å². The number of hydrogen-bond acceptors (Lipinski definition) is 5. The van der Waals surface area contributed by atoms with E-state index in [1.54, 1.807) is 37.4 Å². The van der Waals surface area contributed by atoms with Crippen LogP contribution in [0.2, 0.25) is 0 Å². The molecule has 6 heteroatoms. The molecule has 4 rings (SSSR count). The summed E-state index contributed by atoms with van der Waals surface area (Å²) in [6.45, 7) is 4.15. The molecule has 2 aromatic carbocycles. The number of anilines is 1. The van der Waals surface area contributed by atoms with Crippen LogP contribution < -0.4 is 10.1 Å². The lowest BCUT2D eigenvalue weighted by atomic mass is 9.85. The molecule has 1 aromatic heterocycles. The van der Waals surface area contributed by atoms with Gasteiger partial charge in [0.1, 0.15) is 5.75 Å². The van der Waals surface area contributed by atoms with Gasteiger partial charge in [-0.2, -0.15) is 0 Å². The lowest BCUT2D eigenvalue weighted by Gasteiger charge is -2.29. The van der Waals surface area contributed by atoms with Crippen LogP contribution in [0.3, 0.4) is 0 Å². The summed E-state index contributed by atoms with van der Waals surface area (Å²) >= 11 is 1.38. The highest BCUT2D eigenvalue weighted by Gasteiger charge is 2.28. The maximum Gasteiger partial charge on any atom is 0.265 e. The van der Waals surface area contributed by atoms with Gasteiger partial charge in [0, 0.05) is 16.8 Å². The smallest absolute Gasteiger partial charge is 0.265 e. The number of rotatable bonds is 6. The van der Waals surface area contributed by atoms with E-state index in [0.29, 0.717) is 16.1 Å². The van der Waals surface area contributed by atoms with Gasteiger partial charge >= 0.3 is 0 Å². The summed E-state index contributed by atoms with van der Waals surface area (Å²) in [7, 11) is 1.63. The van der Waals surface area contributed by atoms with Gasteiger partial charge in [-0.3, -0.25) is 14.6 Å². The number of ether oxygens (including phenoxy) is 1. The Morgan fingerprint density at radius 3 is 2.71 bits per heavy atom. The third-order valence-electron chi connectivity index (χ3n) is 5.20. The van der Waals surface area contributed by atoms with Crippen LogP contribution in [-0.4, -0.2) is 30.1 Å². The second-order valence-electron chi connectivity index (χ2n) is 8.18. The van der Waals surface area contributed by atoms with E-state index in [2.05, 4.69) is 25.2 Å². The first-order valence-electron chi connectivity index (χ1n) is 10.1. The van der Waals surface area contributed by atoms with E-state index in [1.807, 2.05) is 23.6 Å². The van der Waals surface area contributed by atoms with Crippen LogP contribution in [0.5, 0.6) is 5.75 Å². The predicted molar refractivity (Wildman–Crippen MR) is 125 cm³/mol. The summed E-state index contributed by atoms with van der Waals surface area (Å²) in [6, 6.07) is 16.6. The van der Waals surface area contributed by atoms with Crippen LogP contribution in [0.1, 0.15) is 51.4 Å². The van der Waals surface area contributed by atoms with Crippen LogP contribution in [0.25, 0.3) is 0 Å². The van der Waals surface area contributed by atoms with Crippen molar-refractivity contribution in [2.24, 2.45) is 4.99 Å². The largest absolute Gasteiger partial charge is 0.497 e. The normalized spacial score (nSPS) is 14.4. The van der Waals surface area contributed by atoms with Crippen molar-refractivity contribution in [1.82, 2.24) is 0 Å². The summed E-state index contributed by atoms with van der Waals surface area (Å²) in [5.41, 5.74) is 3.77. The summed E-state index contributed by atoms with van der Waals surface area (Å²) in [5.74, 6) is 0.522. The number of aliphatic imine (C=N–C) groups is 1. The number of carbonyl (C=O) groups excluding carboxylic acids is 2. The predicted octanol–water partition coefficient (Wildman–Crippen LogP) is 5.41. The molecule has 1 amide bonds. The molecule has 0 radical (unpaired) electrons. The molecule has 1 aliphatic heterocycles. The van der Waals surface area contributed by atoms with Gasteiger partial charge < -0.3 is 10.1 Å². The Balaban J connectivity index is 1.57. The first kappa shape index (κ1) is 21.0. The van der Waals surface area contributed by atoms with Crippen molar-refractivity contribution in [3.05, 3.63) is 81.5 Å². The van der Waals surface area contributed by atoms with Gasteiger partial charge in [0.2, 0.25) is 0 Å². The second-order valence-corrected chi connectivity index (χ2v) is 9.13. The van der Waals surface area contributed by atoms with Gasteiger partial charge in [-0.1, -0.05) is 24.3 Å². The topological polar surface area (TPSA) is 67.8 Å². The molecule has 1 N–H and O–H groups in total. The SMILES string of the molecule is COc1ccc2c(c1)C(CC(=O)c1cccc(NC(=O)c3cccs3)c1)=NC(C)(C)C2. The third kappa shape index (κ3) is 4.75. The van der Waals surface area contributed by atoms with Gasteiger partial charge in [-0.15, -0.1) is 11.3 Å². The van der Waals surface area contributed by atoms with Gasteiger partial charge in [0.25, 0.3) is 5.91 Å². The standard InChI is InChI=1S/C25H24N2O3S/c1-25(2)15-17-9-10-19(30-3)13-20(17)21(27-25)14-22(28)16-6-4-7-18(12-16)26-24(29)23-8-5-11-31-23/h4-13H,14-15H2,1-3H3,(H,26,29). The highest BCUT2D eigenvalue weighted by atomic mass is 32.1. The molecule has 31 heavy (non-hydrogen) atoms. The lowest BCUT2D eigenvalue weighted by Crippen LogP contribution is -2.30. The minimum Gasteiger partial charge on any atom is -0.497 e. The zero-order valence-electron chi connectivity index (χ0n) is 17.8. The van der Waals surface area contributed by atoms with Crippen LogP contribution >= 0.6 is 11.3 Å². The highest BCUT2D eigenvalue weighted by Crippen LogP contribution is 2.31. The fraction of sp³-hybridized carbons (Fsp3) is 0.240. The number of hydrogen-bond donors (Lipinski definition) is 1. The van der Waals surface area contributed by atoms with Crippen molar-refractivity contribution in [1.29, 1.82) is 0 Å². The van der Waals surface area contributed by atoms with E-state index in [0.717, 1.165) is 23.4 Å². The van der Waals surface area contributed by atoms with E-state index in [4.69, 9.17) is 9.73 Å². The summed E-state index contributed by atoms with van der Waals surface area (Å²) in [5, 5.41) is 4.71. The molecule has 0 spiro atoms.